The molecule has 0 amide bonds. The zero-order chi connectivity index (χ0) is 21.6. The molecule has 1 N–H and O–H groups in total. The Morgan fingerprint density at radius 1 is 1.32 bits per heavy atom. The number of oxime groups is 1. The Kier molecular flexibility index (Phi) is 8.43. The number of ether oxygens (including phenoxy) is 1. The number of rotatable bonds is 8. The van der Waals surface area contributed by atoms with Crippen molar-refractivity contribution in [2.24, 2.45) is 11.1 Å². The number of carbonyl (C=O) groups is 3. The lowest BCUT2D eigenvalue weighted by atomic mass is 10.1. The molecule has 28 heavy (non-hydrogen) atoms. The van der Waals surface area contributed by atoms with Crippen LogP contribution >= 0.6 is 22.9 Å². The molecule has 12 heteroatoms. The van der Waals surface area contributed by atoms with Gasteiger partial charge in [0.25, 0.3) is 0 Å². The molecule has 9 nitrogen and oxygen atoms in total. The fourth-order valence-corrected chi connectivity index (χ4v) is 3.03. The highest BCUT2D eigenvalue weighted by Gasteiger charge is 2.28. The van der Waals surface area contributed by atoms with Crippen LogP contribution in [0.3, 0.4) is 0 Å². The molecule has 2 radical (unpaired) electrons. The molecule has 1 heterocycles. The van der Waals surface area contributed by atoms with Crippen LogP contribution in [-0.2, 0) is 35.0 Å². The van der Waals surface area contributed by atoms with Gasteiger partial charge in [-0.3, -0.25) is 4.79 Å². The van der Waals surface area contributed by atoms with E-state index in [-0.39, 0.29) is 21.5 Å². The third-order valence-electron chi connectivity index (χ3n) is 2.98. The average Bonchev–Trinajstić information content (AvgIpc) is 2.88. The minimum atomic E-state index is -1.49. The first-order chi connectivity index (χ1) is 12.9. The summed E-state index contributed by atoms with van der Waals surface area (Å²) in [6, 6.07) is 0. The molecular formula is C16H20BClN2O7S. The summed E-state index contributed by atoms with van der Waals surface area (Å²) in [7, 11) is 4.84. The van der Waals surface area contributed by atoms with E-state index in [0.29, 0.717) is 0 Å². The first-order valence-electron chi connectivity index (χ1n) is 8.10. The van der Waals surface area contributed by atoms with Crippen molar-refractivity contribution < 1.29 is 33.7 Å². The van der Waals surface area contributed by atoms with Crippen molar-refractivity contribution in [1.29, 1.82) is 0 Å². The number of hydrogen-bond donors (Lipinski definition) is 1. The smallest absolute Gasteiger partial charge is 0.378 e. The maximum absolute atomic E-state index is 11.9. The predicted octanol–water partition coefficient (Wildman–Crippen LogP) is 2.14. The molecule has 0 aliphatic carbocycles. The maximum Gasteiger partial charge on any atom is 0.378 e. The number of hydrogen-bond acceptors (Lipinski definition) is 9. The molecule has 0 aromatic carbocycles. The molecule has 0 spiro atoms. The van der Waals surface area contributed by atoms with E-state index in [9.17, 15) is 19.5 Å². The van der Waals surface area contributed by atoms with E-state index in [1.54, 1.807) is 34.6 Å². The van der Waals surface area contributed by atoms with E-state index in [2.05, 4.69) is 14.8 Å². The number of aromatic nitrogens is 1. The van der Waals surface area contributed by atoms with Crippen molar-refractivity contribution in [3.8, 4) is 0 Å². The van der Waals surface area contributed by atoms with Crippen LogP contribution in [0.5, 0.6) is 0 Å². The van der Waals surface area contributed by atoms with Crippen molar-refractivity contribution in [1.82, 2.24) is 4.98 Å². The molecule has 1 aromatic rings. The second kappa shape index (κ2) is 9.88. The summed E-state index contributed by atoms with van der Waals surface area (Å²) < 4.78 is 9.30. The largest absolute Gasteiger partial charge is 0.541 e. The van der Waals surface area contributed by atoms with Crippen molar-refractivity contribution in [2.75, 3.05) is 0 Å². The van der Waals surface area contributed by atoms with Crippen LogP contribution in [0.4, 0.5) is 0 Å². The molecule has 0 unspecified atom stereocenters. The van der Waals surface area contributed by atoms with E-state index >= 15 is 0 Å². The monoisotopic (exact) mass is 430 g/mol. The normalized spacial score (nSPS) is 13.2. The topological polar surface area (TPSA) is 124 Å². The van der Waals surface area contributed by atoms with Gasteiger partial charge in [-0.25, -0.2) is 14.6 Å². The summed E-state index contributed by atoms with van der Waals surface area (Å²) in [6.07, 6.45) is -1.42. The first-order valence-corrected chi connectivity index (χ1v) is 9.30. The summed E-state index contributed by atoms with van der Waals surface area (Å²) >= 11 is 6.97. The van der Waals surface area contributed by atoms with Gasteiger partial charge < -0.3 is 19.3 Å². The Hall–Kier alpha value is -2.14. The summed E-state index contributed by atoms with van der Waals surface area (Å²) in [4.78, 5) is 44.1. The number of carboxylic acids is 1. The predicted molar refractivity (Wildman–Crippen MR) is 102 cm³/mol. The molecule has 1 aromatic heterocycles. The van der Waals surface area contributed by atoms with Crippen molar-refractivity contribution in [3.05, 3.63) is 15.0 Å². The van der Waals surface area contributed by atoms with Gasteiger partial charge in [-0.15, -0.1) is 11.3 Å². The molecule has 152 valence electrons. The van der Waals surface area contributed by atoms with Crippen LogP contribution in [0, 0.1) is 5.92 Å². The third kappa shape index (κ3) is 7.12. The summed E-state index contributed by atoms with van der Waals surface area (Å²) in [5.41, 5.74) is -1.50. The fourth-order valence-electron chi connectivity index (χ4n) is 1.86. The van der Waals surface area contributed by atoms with Crippen LogP contribution in [0.15, 0.2) is 5.16 Å². The zero-order valence-electron chi connectivity index (χ0n) is 16.0. The van der Waals surface area contributed by atoms with Crippen molar-refractivity contribution >= 4 is 54.6 Å². The van der Waals surface area contributed by atoms with Gasteiger partial charge in [0.1, 0.15) is 20.6 Å². The summed E-state index contributed by atoms with van der Waals surface area (Å²) in [6.45, 7) is 8.41. The highest BCUT2D eigenvalue weighted by molar-refractivity contribution is 7.16. The second-order valence-electron chi connectivity index (χ2n) is 6.95. The molecule has 0 saturated carbocycles. The first kappa shape index (κ1) is 23.9. The van der Waals surface area contributed by atoms with Crippen LogP contribution in [0.1, 0.15) is 45.3 Å². The molecule has 0 bridgehead atoms. The van der Waals surface area contributed by atoms with Crippen LogP contribution in [0.2, 0.25) is 4.34 Å². The zero-order valence-corrected chi connectivity index (χ0v) is 17.6. The Morgan fingerprint density at radius 3 is 2.39 bits per heavy atom. The molecule has 0 aliphatic heterocycles. The lowest BCUT2D eigenvalue weighted by Gasteiger charge is -2.18. The number of aliphatic carboxylic acids is 1. The average molecular weight is 431 g/mol. The van der Waals surface area contributed by atoms with E-state index in [0.717, 1.165) is 11.3 Å². The van der Waals surface area contributed by atoms with Gasteiger partial charge in [-0.1, -0.05) is 30.6 Å². The fraction of sp³-hybridized carbons (Fsp3) is 0.562. The molecule has 0 aliphatic rings. The minimum Gasteiger partial charge on any atom is -0.541 e. The number of thiazole rings is 1. The van der Waals surface area contributed by atoms with Crippen molar-refractivity contribution in [3.63, 3.8) is 0 Å². The maximum atomic E-state index is 11.9. The van der Waals surface area contributed by atoms with Crippen LogP contribution in [0.25, 0.3) is 0 Å². The van der Waals surface area contributed by atoms with Gasteiger partial charge in [-0.05, 0) is 20.8 Å². The van der Waals surface area contributed by atoms with Gasteiger partial charge in [0, 0.05) is 5.92 Å². The van der Waals surface area contributed by atoms with Crippen LogP contribution in [-0.4, -0.2) is 53.5 Å². The Balaban J connectivity index is 3.09. The van der Waals surface area contributed by atoms with E-state index in [1.165, 1.54) is 0 Å². The number of carboxylic acid groups (broad SMARTS) is 1. The number of halogens is 1. The number of esters is 1. The molecule has 1 atom stereocenters. The minimum absolute atomic E-state index is 0.00851. The molecular weight excluding hydrogens is 411 g/mol. The second-order valence-corrected chi connectivity index (χ2v) is 8.63. The van der Waals surface area contributed by atoms with Gasteiger partial charge >= 0.3 is 26.0 Å². The van der Waals surface area contributed by atoms with Gasteiger partial charge in [0.05, 0.1) is 6.42 Å². The van der Waals surface area contributed by atoms with E-state index < -0.39 is 41.2 Å². The number of nitrogens with zero attached hydrogens (tertiary/aromatic N) is 2. The van der Waals surface area contributed by atoms with E-state index in [1.807, 2.05) is 0 Å². The van der Waals surface area contributed by atoms with E-state index in [4.69, 9.17) is 29.2 Å². The lowest BCUT2D eigenvalue weighted by Crippen LogP contribution is -2.30. The highest BCUT2D eigenvalue weighted by atomic mass is 35.5. The van der Waals surface area contributed by atoms with Gasteiger partial charge in [-0.2, -0.15) is 0 Å². The molecule has 0 fully saturated rings. The Morgan fingerprint density at radius 2 is 1.93 bits per heavy atom. The van der Waals surface area contributed by atoms with Crippen molar-refractivity contribution in [2.45, 2.75) is 52.7 Å². The summed E-state index contributed by atoms with van der Waals surface area (Å²) in [5, 5.41) is 13.1. The van der Waals surface area contributed by atoms with Gasteiger partial charge in [0.2, 0.25) is 11.8 Å². The third-order valence-corrected chi connectivity index (χ3v) is 4.24. The molecule has 1 rings (SSSR count). The Labute approximate surface area is 172 Å². The SMILES string of the molecule is [B]OC(=O)[C@@H](O/N=C(/C(=O)O)c1nc(CC(=O)OC(C)(C)C)sc1Cl)C(C)C. The Bertz CT molecular complexity index is 774. The van der Waals surface area contributed by atoms with Gasteiger partial charge in [0.15, 0.2) is 0 Å². The lowest BCUT2D eigenvalue weighted by molar-refractivity contribution is -0.154. The molecule has 0 saturated heterocycles. The quantitative estimate of drug-likeness (QED) is 0.288. The summed E-state index contributed by atoms with van der Waals surface area (Å²) in [5.74, 6) is -3.35. The number of carbonyl (C=O) groups excluding carboxylic acids is 2. The highest BCUT2D eigenvalue weighted by Crippen LogP contribution is 2.26. The standard InChI is InChI=1S/C16H20BClN2O7S/c1-7(2)12(15(24)26-17)27-20-11(14(22)23)10-13(18)28-8(19-10)6-9(21)25-16(3,4)5/h7,12H,6H2,1-5H3,(H,22,23)/b20-11+/t12-/m0/s1. The van der Waals surface area contributed by atoms with Crippen LogP contribution < -0.4 is 0 Å².